The highest BCUT2D eigenvalue weighted by Gasteiger charge is 2.18. The molecule has 0 heterocycles. The fourth-order valence-electron chi connectivity index (χ4n) is 0.864. The summed E-state index contributed by atoms with van der Waals surface area (Å²) >= 11 is -1.91. The standard InChI is InChI=1S/C6H5.2CHO.Al/c1-2-4-6-5-3-1;2*1-2;/h1-5H;2*1H;. The average Bonchev–Trinajstić information content (AvgIpc) is 2.09. The van der Waals surface area contributed by atoms with Crippen LogP contribution in [0.3, 0.4) is 0 Å². The number of benzene rings is 1. The van der Waals surface area contributed by atoms with E-state index in [2.05, 4.69) is 0 Å². The minimum atomic E-state index is -1.91. The fraction of sp³-hybridized carbons (Fsp3) is 0. The van der Waals surface area contributed by atoms with Crippen LogP contribution in [-0.4, -0.2) is 24.4 Å². The van der Waals surface area contributed by atoms with Crippen molar-refractivity contribution >= 4 is 28.9 Å². The van der Waals surface area contributed by atoms with Crippen LogP contribution in [0.2, 0.25) is 0 Å². The quantitative estimate of drug-likeness (QED) is 0.460. The topological polar surface area (TPSA) is 34.1 Å². The van der Waals surface area contributed by atoms with E-state index >= 15 is 0 Å². The molecule has 0 saturated carbocycles. The lowest BCUT2D eigenvalue weighted by molar-refractivity contribution is 0.563. The maximum absolute atomic E-state index is 10.4. The molecule has 0 aromatic heterocycles. The Morgan fingerprint density at radius 2 is 1.55 bits per heavy atom. The molecule has 0 spiro atoms. The minimum absolute atomic E-state index is 0.780. The van der Waals surface area contributed by atoms with Crippen molar-refractivity contribution in [2.75, 3.05) is 0 Å². The highest BCUT2D eigenvalue weighted by atomic mass is 27.2. The van der Waals surface area contributed by atoms with Gasteiger partial charge in [0.1, 0.15) is 0 Å². The first-order chi connectivity index (χ1) is 5.38. The summed E-state index contributed by atoms with van der Waals surface area (Å²) in [5.74, 6) is 0. The Bertz CT molecular complexity index is 238. The zero-order chi connectivity index (χ0) is 8.10. The largest absolute Gasteiger partial charge is 0.485 e. The molecule has 0 bridgehead atoms. The highest BCUT2D eigenvalue weighted by Crippen LogP contribution is 1.83. The van der Waals surface area contributed by atoms with Crippen LogP contribution in [0.5, 0.6) is 0 Å². The second kappa shape index (κ2) is 4.07. The van der Waals surface area contributed by atoms with Gasteiger partial charge in [-0.15, -0.1) is 0 Å². The van der Waals surface area contributed by atoms with E-state index in [4.69, 9.17) is 0 Å². The van der Waals surface area contributed by atoms with Gasteiger partial charge in [-0.05, 0) is 0 Å². The van der Waals surface area contributed by atoms with Crippen LogP contribution in [0.4, 0.5) is 0 Å². The van der Waals surface area contributed by atoms with Crippen molar-refractivity contribution < 1.29 is 9.59 Å². The second-order valence-electron chi connectivity index (χ2n) is 2.21. The summed E-state index contributed by atoms with van der Waals surface area (Å²) in [7, 11) is 0. The molecule has 1 aromatic rings. The normalized spacial score (nSPS) is 8.73. The summed E-state index contributed by atoms with van der Waals surface area (Å²) < 4.78 is 0.887. The van der Waals surface area contributed by atoms with Crippen LogP contribution in [0, 0.1) is 0 Å². The number of carbonyl (C=O) groups excluding carboxylic acids is 2. The third-order valence-corrected chi connectivity index (χ3v) is 3.22. The van der Waals surface area contributed by atoms with E-state index in [0.717, 1.165) is 14.7 Å². The van der Waals surface area contributed by atoms with Crippen molar-refractivity contribution in [1.82, 2.24) is 0 Å². The first kappa shape index (κ1) is 8.19. The first-order valence-corrected chi connectivity index (χ1v) is 5.25. The molecule has 0 atom stereocenters. The van der Waals surface area contributed by atoms with E-state index in [9.17, 15) is 9.59 Å². The summed E-state index contributed by atoms with van der Waals surface area (Å²) in [4.78, 5) is 20.7. The minimum Gasteiger partial charge on any atom is -0.323 e. The number of hydrogen-bond acceptors (Lipinski definition) is 2. The summed E-state index contributed by atoms with van der Waals surface area (Å²) in [6, 6.07) is 9.18. The molecule has 0 amide bonds. The van der Waals surface area contributed by atoms with Gasteiger partial charge in [0.25, 0.3) is 0 Å². The lowest BCUT2D eigenvalue weighted by Gasteiger charge is -1.94. The van der Waals surface area contributed by atoms with Crippen molar-refractivity contribution in [3.63, 3.8) is 0 Å². The molecule has 0 saturated heterocycles. The Kier molecular flexibility index (Phi) is 3.03. The lowest BCUT2D eigenvalue weighted by Crippen LogP contribution is -2.33. The third kappa shape index (κ3) is 2.01. The van der Waals surface area contributed by atoms with Crippen molar-refractivity contribution in [3.05, 3.63) is 30.3 Å². The van der Waals surface area contributed by atoms with E-state index in [0.29, 0.717) is 0 Å². The molecule has 0 aliphatic rings. The number of carbonyl (C=O) groups is 2. The van der Waals surface area contributed by atoms with Gasteiger partial charge in [0.05, 0.1) is 10.3 Å². The smallest absolute Gasteiger partial charge is 0.323 e. The Hall–Kier alpha value is -0.908. The van der Waals surface area contributed by atoms with Gasteiger partial charge in [-0.3, -0.25) is 0 Å². The molecule has 0 aliphatic carbocycles. The van der Waals surface area contributed by atoms with Gasteiger partial charge in [0, 0.05) is 0 Å². The van der Waals surface area contributed by atoms with Crippen LogP contribution in [0.15, 0.2) is 30.3 Å². The van der Waals surface area contributed by atoms with E-state index in [1.165, 1.54) is 0 Å². The van der Waals surface area contributed by atoms with Crippen LogP contribution in [0.1, 0.15) is 0 Å². The fourth-order valence-corrected chi connectivity index (χ4v) is 1.91. The van der Waals surface area contributed by atoms with Gasteiger partial charge in [-0.2, -0.15) is 0 Å². The lowest BCUT2D eigenvalue weighted by atomic mass is 10.4. The molecular formula is C8H7AlO2. The number of hydrogen-bond donors (Lipinski definition) is 0. The Balaban J connectivity index is 2.90. The SMILES string of the molecule is O=[CH][Al]([CH]=O)[c]1ccccc1. The van der Waals surface area contributed by atoms with E-state index in [-0.39, 0.29) is 0 Å². The van der Waals surface area contributed by atoms with Crippen LogP contribution in [0.25, 0.3) is 0 Å². The van der Waals surface area contributed by atoms with Gasteiger partial charge in [-0.1, -0.05) is 34.8 Å². The molecule has 2 nitrogen and oxygen atoms in total. The van der Waals surface area contributed by atoms with Gasteiger partial charge in [0.2, 0.25) is 0 Å². The maximum Gasteiger partial charge on any atom is 0.485 e. The molecule has 0 radical (unpaired) electrons. The number of rotatable bonds is 3. The summed E-state index contributed by atoms with van der Waals surface area (Å²) in [5.41, 5.74) is 0. The van der Waals surface area contributed by atoms with Crippen LogP contribution >= 0.6 is 0 Å². The molecular weight excluding hydrogens is 155 g/mol. The zero-order valence-electron chi connectivity index (χ0n) is 5.94. The molecule has 0 unspecified atom stereocenters. The Morgan fingerprint density at radius 1 is 1.00 bits per heavy atom. The van der Waals surface area contributed by atoms with Gasteiger partial charge in [-0.25, -0.2) is 0 Å². The second-order valence-corrected chi connectivity index (χ2v) is 4.47. The van der Waals surface area contributed by atoms with Crippen molar-refractivity contribution in [2.24, 2.45) is 0 Å². The van der Waals surface area contributed by atoms with Crippen molar-refractivity contribution in [2.45, 2.75) is 0 Å². The van der Waals surface area contributed by atoms with Crippen molar-refractivity contribution in [1.29, 1.82) is 0 Å². The van der Waals surface area contributed by atoms with E-state index in [1.807, 2.05) is 30.3 Å². The molecule has 0 aliphatic heterocycles. The van der Waals surface area contributed by atoms with Crippen LogP contribution < -0.4 is 4.43 Å². The average molecular weight is 162 g/mol. The molecule has 0 N–H and O–H groups in total. The van der Waals surface area contributed by atoms with Gasteiger partial charge >= 0.3 is 14.1 Å². The molecule has 3 heteroatoms. The Morgan fingerprint density at radius 3 is 2.00 bits per heavy atom. The highest BCUT2D eigenvalue weighted by molar-refractivity contribution is 7.11. The first-order valence-electron chi connectivity index (χ1n) is 3.34. The summed E-state index contributed by atoms with van der Waals surface area (Å²) in [5, 5.41) is 1.56. The van der Waals surface area contributed by atoms with Crippen LogP contribution in [-0.2, 0) is 9.59 Å². The zero-order valence-corrected chi connectivity index (χ0v) is 7.09. The third-order valence-electron chi connectivity index (χ3n) is 1.48. The summed E-state index contributed by atoms with van der Waals surface area (Å²) in [6.07, 6.45) is 0. The van der Waals surface area contributed by atoms with Crippen molar-refractivity contribution in [3.8, 4) is 0 Å². The molecule has 0 fully saturated rings. The summed E-state index contributed by atoms with van der Waals surface area (Å²) in [6.45, 7) is 0. The monoisotopic (exact) mass is 162 g/mol. The Labute approximate surface area is 69.2 Å². The predicted octanol–water partition coefficient (Wildman–Crippen LogP) is -0.0678. The molecule has 1 rings (SSSR count). The maximum atomic E-state index is 10.4. The molecule has 54 valence electrons. The molecule has 1 aromatic carbocycles. The van der Waals surface area contributed by atoms with Gasteiger partial charge in [0.15, 0.2) is 0 Å². The van der Waals surface area contributed by atoms with Gasteiger partial charge < -0.3 is 9.59 Å². The van der Waals surface area contributed by atoms with E-state index in [1.54, 1.807) is 0 Å². The predicted molar refractivity (Wildman–Crippen MR) is 45.3 cm³/mol. The van der Waals surface area contributed by atoms with E-state index < -0.39 is 14.1 Å². The molecule has 11 heavy (non-hydrogen) atoms.